The smallest absolute Gasteiger partial charge is 0.382 e. The van der Waals surface area contributed by atoms with E-state index in [4.69, 9.17) is 25.1 Å². The Labute approximate surface area is 204 Å². The van der Waals surface area contributed by atoms with E-state index in [2.05, 4.69) is 19.2 Å². The van der Waals surface area contributed by atoms with Gasteiger partial charge >= 0.3 is 7.82 Å². The number of anilines is 1. The molecule has 35 heavy (non-hydrogen) atoms. The van der Waals surface area contributed by atoms with E-state index in [1.807, 2.05) is 17.7 Å². The predicted octanol–water partition coefficient (Wildman–Crippen LogP) is 3.52. The number of amides is 1. The standard InChI is InChI=1S/C24H33N4O6P/c1-4-18-22-20(12-24(2,3)13-21(22)29)28(27-18)15-7-10-17(23(25)30)19(11-15)26-14-5-8-16(9-6-14)34-35(31,32)33/h7,10-11,14,16,26H,4-6,8-9,12-13H2,1-3H3,(H2,25,30)(H2,31,32,33). The number of nitrogens with one attached hydrogen (secondary N) is 1. The molecule has 11 heteroatoms. The molecule has 0 spiro atoms. The first kappa shape index (κ1) is 25.6. The topological polar surface area (TPSA) is 157 Å². The number of nitrogens with two attached hydrogens (primary N) is 1. The summed E-state index contributed by atoms with van der Waals surface area (Å²) in [5.41, 5.74) is 9.48. The first-order chi connectivity index (χ1) is 16.4. The Morgan fingerprint density at radius 2 is 1.94 bits per heavy atom. The Morgan fingerprint density at radius 1 is 1.26 bits per heavy atom. The lowest BCUT2D eigenvalue weighted by Gasteiger charge is -2.30. The Kier molecular flexibility index (Phi) is 6.94. The number of fused-ring (bicyclic) bond motifs is 1. The van der Waals surface area contributed by atoms with Crippen LogP contribution in [0.1, 0.15) is 85.0 Å². The van der Waals surface area contributed by atoms with Gasteiger partial charge in [0, 0.05) is 18.2 Å². The fraction of sp³-hybridized carbons (Fsp3) is 0.542. The number of aryl methyl sites for hydroxylation is 1. The molecule has 1 amide bonds. The Hall–Kier alpha value is -2.52. The van der Waals surface area contributed by atoms with Crippen molar-refractivity contribution in [3.8, 4) is 5.69 Å². The average molecular weight is 505 g/mol. The summed E-state index contributed by atoms with van der Waals surface area (Å²) in [6, 6.07) is 5.27. The van der Waals surface area contributed by atoms with Gasteiger partial charge < -0.3 is 20.8 Å². The number of carbonyl (C=O) groups excluding carboxylic acids is 2. The summed E-state index contributed by atoms with van der Waals surface area (Å²) >= 11 is 0. The largest absolute Gasteiger partial charge is 0.469 e. The van der Waals surface area contributed by atoms with E-state index in [9.17, 15) is 14.2 Å². The first-order valence-electron chi connectivity index (χ1n) is 12.0. The van der Waals surface area contributed by atoms with Crippen LogP contribution in [0, 0.1) is 5.41 Å². The molecule has 2 aromatic rings. The van der Waals surface area contributed by atoms with Gasteiger partial charge in [0.25, 0.3) is 5.91 Å². The minimum Gasteiger partial charge on any atom is -0.382 e. The van der Waals surface area contributed by atoms with Crippen LogP contribution in [-0.4, -0.2) is 43.4 Å². The van der Waals surface area contributed by atoms with Crippen molar-refractivity contribution in [2.45, 2.75) is 77.9 Å². The van der Waals surface area contributed by atoms with Crippen LogP contribution in [0.2, 0.25) is 0 Å². The molecule has 190 valence electrons. The summed E-state index contributed by atoms with van der Waals surface area (Å²) in [6.45, 7) is 6.13. The molecule has 0 radical (unpaired) electrons. The van der Waals surface area contributed by atoms with Gasteiger partial charge in [-0.1, -0.05) is 20.8 Å². The lowest BCUT2D eigenvalue weighted by atomic mass is 9.75. The highest BCUT2D eigenvalue weighted by molar-refractivity contribution is 7.46. The van der Waals surface area contributed by atoms with Crippen LogP contribution in [0.25, 0.3) is 5.69 Å². The average Bonchev–Trinajstić information content (AvgIpc) is 3.11. The summed E-state index contributed by atoms with van der Waals surface area (Å²) in [4.78, 5) is 43.2. The zero-order chi connectivity index (χ0) is 25.5. The maximum absolute atomic E-state index is 12.9. The van der Waals surface area contributed by atoms with Crippen molar-refractivity contribution < 1.29 is 28.5 Å². The van der Waals surface area contributed by atoms with Crippen molar-refractivity contribution in [3.05, 3.63) is 40.7 Å². The monoisotopic (exact) mass is 504 g/mol. The molecule has 0 bridgehead atoms. The molecular weight excluding hydrogens is 471 g/mol. The molecule has 5 N–H and O–H groups in total. The summed E-state index contributed by atoms with van der Waals surface area (Å²) in [5, 5.41) is 8.16. The summed E-state index contributed by atoms with van der Waals surface area (Å²) in [6.07, 6.45) is 3.55. The molecule has 1 heterocycles. The number of benzene rings is 1. The second-order valence-electron chi connectivity index (χ2n) is 10.3. The summed E-state index contributed by atoms with van der Waals surface area (Å²) < 4.78 is 17.8. The van der Waals surface area contributed by atoms with Gasteiger partial charge in [0.2, 0.25) is 0 Å². The number of rotatable bonds is 7. The molecule has 1 saturated carbocycles. The lowest BCUT2D eigenvalue weighted by Crippen LogP contribution is -2.30. The molecule has 0 aliphatic heterocycles. The number of carbonyl (C=O) groups is 2. The van der Waals surface area contributed by atoms with Gasteiger partial charge in [-0.05, 0) is 62.1 Å². The van der Waals surface area contributed by atoms with Gasteiger partial charge in [0.05, 0.1) is 34.3 Å². The van der Waals surface area contributed by atoms with E-state index in [-0.39, 0.29) is 17.2 Å². The van der Waals surface area contributed by atoms with Crippen LogP contribution < -0.4 is 11.1 Å². The maximum atomic E-state index is 12.9. The molecule has 0 atom stereocenters. The molecule has 1 aromatic heterocycles. The van der Waals surface area contributed by atoms with Gasteiger partial charge in [-0.3, -0.25) is 14.1 Å². The van der Waals surface area contributed by atoms with Gasteiger partial charge in [-0.15, -0.1) is 0 Å². The number of primary amides is 1. The van der Waals surface area contributed by atoms with Crippen molar-refractivity contribution in [3.63, 3.8) is 0 Å². The molecule has 2 aliphatic carbocycles. The minimum absolute atomic E-state index is 0.0155. The predicted molar refractivity (Wildman–Crippen MR) is 131 cm³/mol. The molecule has 2 aliphatic rings. The van der Waals surface area contributed by atoms with E-state index in [0.717, 1.165) is 17.1 Å². The van der Waals surface area contributed by atoms with Crippen LogP contribution in [0.4, 0.5) is 5.69 Å². The molecule has 0 saturated heterocycles. The van der Waals surface area contributed by atoms with E-state index >= 15 is 0 Å². The SMILES string of the molecule is CCc1nn(-c2ccc(C(N)=O)c(NC3CCC(OP(=O)(O)O)CC3)c2)c2c1C(=O)CC(C)(C)C2. The normalized spacial score (nSPS) is 22.0. The molecule has 1 aromatic carbocycles. The zero-order valence-corrected chi connectivity index (χ0v) is 21.2. The van der Waals surface area contributed by atoms with Gasteiger partial charge in [-0.25, -0.2) is 9.25 Å². The first-order valence-corrected chi connectivity index (χ1v) is 13.5. The fourth-order valence-electron chi connectivity index (χ4n) is 5.21. The van der Waals surface area contributed by atoms with Crippen molar-refractivity contribution in [1.82, 2.24) is 9.78 Å². The Bertz CT molecular complexity index is 1190. The molecule has 1 fully saturated rings. The highest BCUT2D eigenvalue weighted by Gasteiger charge is 2.36. The van der Waals surface area contributed by atoms with E-state index in [0.29, 0.717) is 61.8 Å². The van der Waals surface area contributed by atoms with Gasteiger partial charge in [-0.2, -0.15) is 5.10 Å². The van der Waals surface area contributed by atoms with Crippen LogP contribution >= 0.6 is 7.82 Å². The van der Waals surface area contributed by atoms with E-state index in [1.165, 1.54) is 0 Å². The highest BCUT2D eigenvalue weighted by Crippen LogP contribution is 2.41. The molecule has 0 unspecified atom stereocenters. The van der Waals surface area contributed by atoms with Crippen molar-refractivity contribution in [2.24, 2.45) is 11.1 Å². The number of aromatic nitrogens is 2. The number of nitrogens with zero attached hydrogens (tertiary/aromatic N) is 2. The van der Waals surface area contributed by atoms with Crippen molar-refractivity contribution in [1.29, 1.82) is 0 Å². The van der Waals surface area contributed by atoms with Crippen LogP contribution in [0.5, 0.6) is 0 Å². The Balaban J connectivity index is 1.64. The maximum Gasteiger partial charge on any atom is 0.469 e. The number of Topliss-reactive ketones (excluding diaryl/α,β-unsaturated/α-hetero) is 1. The van der Waals surface area contributed by atoms with Crippen molar-refractivity contribution in [2.75, 3.05) is 5.32 Å². The molecule has 10 nitrogen and oxygen atoms in total. The number of phosphoric acid groups is 1. The lowest BCUT2D eigenvalue weighted by molar-refractivity contribution is 0.0908. The summed E-state index contributed by atoms with van der Waals surface area (Å²) in [7, 11) is -4.52. The second-order valence-corrected chi connectivity index (χ2v) is 11.5. The Morgan fingerprint density at radius 3 is 2.54 bits per heavy atom. The quantitative estimate of drug-likeness (QED) is 0.417. The van der Waals surface area contributed by atoms with Crippen LogP contribution in [0.15, 0.2) is 18.2 Å². The fourth-order valence-corrected chi connectivity index (χ4v) is 5.81. The molecular formula is C24H33N4O6P. The van der Waals surface area contributed by atoms with E-state index < -0.39 is 19.8 Å². The number of phosphoric ester groups is 1. The minimum atomic E-state index is -4.52. The number of ketones is 1. The van der Waals surface area contributed by atoms with E-state index in [1.54, 1.807) is 12.1 Å². The van der Waals surface area contributed by atoms with Crippen LogP contribution in [0.3, 0.4) is 0 Å². The zero-order valence-electron chi connectivity index (χ0n) is 20.3. The van der Waals surface area contributed by atoms with Crippen molar-refractivity contribution >= 4 is 25.2 Å². The third kappa shape index (κ3) is 5.67. The van der Waals surface area contributed by atoms with Gasteiger partial charge in [0.15, 0.2) is 5.78 Å². The van der Waals surface area contributed by atoms with Gasteiger partial charge in [0.1, 0.15) is 0 Å². The summed E-state index contributed by atoms with van der Waals surface area (Å²) in [5.74, 6) is -0.452. The van der Waals surface area contributed by atoms with Crippen LogP contribution in [-0.2, 0) is 21.9 Å². The highest BCUT2D eigenvalue weighted by atomic mass is 31.2. The molecule has 4 rings (SSSR count). The number of hydrogen-bond donors (Lipinski definition) is 4. The third-order valence-electron chi connectivity index (χ3n) is 6.79. The second kappa shape index (κ2) is 9.50. The third-order valence-corrected chi connectivity index (χ3v) is 7.36. The number of hydrogen-bond acceptors (Lipinski definition) is 6.